The molecule has 1 N–H and O–H groups in total. The van der Waals surface area contributed by atoms with E-state index >= 15 is 0 Å². The van der Waals surface area contributed by atoms with Gasteiger partial charge in [-0.3, -0.25) is 9.59 Å². The standard InChI is InChI=1S/C20H21N3O2/c1-15-7-5-6-10-18(15)23-19(24)12-11-17(22-23)20(25)21-14-13-16-8-3-2-4-9-16/h2-10H,11-14H2,1H3,(H,21,25). The Morgan fingerprint density at radius 3 is 2.56 bits per heavy atom. The number of nitrogens with zero attached hydrogens (tertiary/aromatic N) is 2. The summed E-state index contributed by atoms with van der Waals surface area (Å²) >= 11 is 0. The van der Waals surface area contributed by atoms with Crippen molar-refractivity contribution in [1.29, 1.82) is 0 Å². The molecule has 0 fully saturated rings. The molecule has 2 amide bonds. The number of hydrazone groups is 1. The summed E-state index contributed by atoms with van der Waals surface area (Å²) in [7, 11) is 0. The van der Waals surface area contributed by atoms with Crippen molar-refractivity contribution in [3.8, 4) is 0 Å². The number of amides is 2. The van der Waals surface area contributed by atoms with E-state index in [-0.39, 0.29) is 11.8 Å². The molecule has 3 rings (SSSR count). The van der Waals surface area contributed by atoms with Crippen LogP contribution in [0.5, 0.6) is 0 Å². The van der Waals surface area contributed by atoms with Gasteiger partial charge in [0.2, 0.25) is 5.91 Å². The van der Waals surface area contributed by atoms with Crippen LogP contribution in [0.3, 0.4) is 0 Å². The predicted molar refractivity (Wildman–Crippen MR) is 98.5 cm³/mol. The zero-order valence-electron chi connectivity index (χ0n) is 14.2. The van der Waals surface area contributed by atoms with E-state index in [9.17, 15) is 9.59 Å². The van der Waals surface area contributed by atoms with E-state index < -0.39 is 0 Å². The Labute approximate surface area is 147 Å². The first-order valence-electron chi connectivity index (χ1n) is 8.43. The number of hydrogen-bond donors (Lipinski definition) is 1. The highest BCUT2D eigenvalue weighted by Crippen LogP contribution is 2.23. The lowest BCUT2D eigenvalue weighted by atomic mass is 10.1. The molecule has 2 aromatic carbocycles. The zero-order chi connectivity index (χ0) is 17.6. The maximum atomic E-state index is 12.4. The first-order valence-corrected chi connectivity index (χ1v) is 8.43. The Balaban J connectivity index is 1.66. The smallest absolute Gasteiger partial charge is 0.267 e. The molecule has 0 saturated heterocycles. The minimum atomic E-state index is -0.206. The molecule has 5 heteroatoms. The first kappa shape index (κ1) is 16.9. The van der Waals surface area contributed by atoms with Gasteiger partial charge in [-0.1, -0.05) is 48.5 Å². The van der Waals surface area contributed by atoms with Crippen molar-refractivity contribution in [2.24, 2.45) is 5.10 Å². The highest BCUT2D eigenvalue weighted by atomic mass is 16.2. The van der Waals surface area contributed by atoms with E-state index in [0.717, 1.165) is 17.7 Å². The van der Waals surface area contributed by atoms with Crippen LogP contribution in [-0.4, -0.2) is 24.1 Å². The van der Waals surface area contributed by atoms with Gasteiger partial charge in [-0.05, 0) is 30.5 Å². The largest absolute Gasteiger partial charge is 0.351 e. The van der Waals surface area contributed by atoms with Gasteiger partial charge in [0.25, 0.3) is 5.91 Å². The van der Waals surface area contributed by atoms with Crippen LogP contribution in [0.25, 0.3) is 0 Å². The molecule has 1 heterocycles. The Bertz CT molecular complexity index is 800. The number of para-hydroxylation sites is 1. The molecule has 1 aliphatic heterocycles. The first-order chi connectivity index (χ1) is 12.1. The molecule has 2 aromatic rings. The number of rotatable bonds is 5. The Morgan fingerprint density at radius 1 is 1.08 bits per heavy atom. The van der Waals surface area contributed by atoms with Crippen LogP contribution >= 0.6 is 0 Å². The number of hydrogen-bond acceptors (Lipinski definition) is 3. The normalized spacial score (nSPS) is 14.2. The summed E-state index contributed by atoms with van der Waals surface area (Å²) in [4.78, 5) is 24.6. The molecule has 0 atom stereocenters. The number of anilines is 1. The third kappa shape index (κ3) is 4.12. The van der Waals surface area contributed by atoms with Crippen molar-refractivity contribution in [3.05, 3.63) is 65.7 Å². The van der Waals surface area contributed by atoms with E-state index in [1.807, 2.05) is 61.5 Å². The minimum Gasteiger partial charge on any atom is -0.351 e. The second-order valence-corrected chi connectivity index (χ2v) is 6.03. The molecular weight excluding hydrogens is 314 g/mol. The summed E-state index contributed by atoms with van der Waals surface area (Å²) in [6, 6.07) is 17.5. The van der Waals surface area contributed by atoms with Gasteiger partial charge in [-0.2, -0.15) is 5.10 Å². The van der Waals surface area contributed by atoms with Crippen LogP contribution in [-0.2, 0) is 16.0 Å². The van der Waals surface area contributed by atoms with Crippen molar-refractivity contribution in [3.63, 3.8) is 0 Å². The monoisotopic (exact) mass is 335 g/mol. The fourth-order valence-corrected chi connectivity index (χ4v) is 2.77. The molecule has 1 aliphatic rings. The van der Waals surface area contributed by atoms with E-state index in [1.165, 1.54) is 10.6 Å². The average Bonchev–Trinajstić information content (AvgIpc) is 2.63. The Hall–Kier alpha value is -2.95. The van der Waals surface area contributed by atoms with Gasteiger partial charge in [-0.25, -0.2) is 5.01 Å². The summed E-state index contributed by atoms with van der Waals surface area (Å²) in [6.45, 7) is 2.46. The highest BCUT2D eigenvalue weighted by Gasteiger charge is 2.26. The van der Waals surface area contributed by atoms with Gasteiger partial charge in [0.15, 0.2) is 0 Å². The molecule has 128 valence electrons. The summed E-state index contributed by atoms with van der Waals surface area (Å²) in [5, 5.41) is 8.55. The van der Waals surface area contributed by atoms with Crippen molar-refractivity contribution in [1.82, 2.24) is 5.32 Å². The zero-order valence-corrected chi connectivity index (χ0v) is 14.2. The van der Waals surface area contributed by atoms with Crippen LogP contribution in [0.4, 0.5) is 5.69 Å². The topological polar surface area (TPSA) is 61.8 Å². The molecule has 0 radical (unpaired) electrons. The fraction of sp³-hybridized carbons (Fsp3) is 0.250. The van der Waals surface area contributed by atoms with Crippen LogP contribution in [0, 0.1) is 6.92 Å². The van der Waals surface area contributed by atoms with Crippen molar-refractivity contribution < 1.29 is 9.59 Å². The Morgan fingerprint density at radius 2 is 1.80 bits per heavy atom. The molecule has 0 saturated carbocycles. The SMILES string of the molecule is Cc1ccccc1N1N=C(C(=O)NCCc2ccccc2)CCC1=O. The Kier molecular flexibility index (Phi) is 5.23. The predicted octanol–water partition coefficient (Wildman–Crippen LogP) is 2.84. The minimum absolute atomic E-state index is 0.0878. The van der Waals surface area contributed by atoms with Crippen LogP contribution < -0.4 is 10.3 Å². The van der Waals surface area contributed by atoms with Crippen molar-refractivity contribution >= 4 is 23.2 Å². The van der Waals surface area contributed by atoms with Crippen molar-refractivity contribution in [2.75, 3.05) is 11.6 Å². The van der Waals surface area contributed by atoms with Crippen LogP contribution in [0.1, 0.15) is 24.0 Å². The van der Waals surface area contributed by atoms with Gasteiger partial charge in [-0.15, -0.1) is 0 Å². The van der Waals surface area contributed by atoms with Gasteiger partial charge in [0.1, 0.15) is 5.71 Å². The summed E-state index contributed by atoms with van der Waals surface area (Å²) < 4.78 is 0. The second kappa shape index (κ2) is 7.75. The molecule has 0 bridgehead atoms. The summed E-state index contributed by atoms with van der Waals surface area (Å²) in [5.41, 5.74) is 3.24. The van der Waals surface area contributed by atoms with E-state index in [1.54, 1.807) is 0 Å². The van der Waals surface area contributed by atoms with E-state index in [2.05, 4.69) is 10.4 Å². The lowest BCUT2D eigenvalue weighted by molar-refractivity contribution is -0.118. The molecule has 0 unspecified atom stereocenters. The van der Waals surface area contributed by atoms with Crippen LogP contribution in [0.2, 0.25) is 0 Å². The number of benzene rings is 2. The van der Waals surface area contributed by atoms with Gasteiger partial charge < -0.3 is 5.32 Å². The lowest BCUT2D eigenvalue weighted by Gasteiger charge is -2.24. The van der Waals surface area contributed by atoms with Gasteiger partial charge in [0, 0.05) is 19.4 Å². The van der Waals surface area contributed by atoms with E-state index in [4.69, 9.17) is 0 Å². The third-order valence-electron chi connectivity index (χ3n) is 4.18. The molecule has 5 nitrogen and oxygen atoms in total. The molecule has 0 aromatic heterocycles. The molecule has 25 heavy (non-hydrogen) atoms. The molecular formula is C20H21N3O2. The highest BCUT2D eigenvalue weighted by molar-refractivity contribution is 6.40. The average molecular weight is 335 g/mol. The maximum Gasteiger partial charge on any atom is 0.267 e. The summed E-state index contributed by atoms with van der Waals surface area (Å²) in [6.07, 6.45) is 1.43. The van der Waals surface area contributed by atoms with Crippen LogP contribution in [0.15, 0.2) is 59.7 Å². The third-order valence-corrected chi connectivity index (χ3v) is 4.18. The number of carbonyl (C=O) groups excluding carboxylic acids is 2. The fourth-order valence-electron chi connectivity index (χ4n) is 2.77. The van der Waals surface area contributed by atoms with Gasteiger partial charge in [0.05, 0.1) is 5.69 Å². The van der Waals surface area contributed by atoms with Crippen molar-refractivity contribution in [2.45, 2.75) is 26.2 Å². The number of aryl methyl sites for hydroxylation is 1. The molecule has 0 aliphatic carbocycles. The maximum absolute atomic E-state index is 12.4. The van der Waals surface area contributed by atoms with E-state index in [0.29, 0.717) is 25.1 Å². The molecule has 0 spiro atoms. The van der Waals surface area contributed by atoms with Gasteiger partial charge >= 0.3 is 0 Å². The lowest BCUT2D eigenvalue weighted by Crippen LogP contribution is -2.39. The quantitative estimate of drug-likeness (QED) is 0.913. The second-order valence-electron chi connectivity index (χ2n) is 6.03. The number of nitrogens with one attached hydrogen (secondary N) is 1. The summed E-state index contributed by atoms with van der Waals surface area (Å²) in [5.74, 6) is -0.294. The number of carbonyl (C=O) groups is 2.